The van der Waals surface area contributed by atoms with Crippen LogP contribution >= 0.6 is 11.9 Å². The highest BCUT2D eigenvalue weighted by atomic mass is 32.2. The number of hydrogen-bond acceptors (Lipinski definition) is 4. The van der Waals surface area contributed by atoms with Crippen LogP contribution in [-0.4, -0.2) is 14.5 Å². The van der Waals surface area contributed by atoms with Crippen molar-refractivity contribution in [2.24, 2.45) is 0 Å². The van der Waals surface area contributed by atoms with Gasteiger partial charge in [-0.1, -0.05) is 6.07 Å². The maximum absolute atomic E-state index is 9.17. The molecule has 0 radical (unpaired) electrons. The Morgan fingerprint density at radius 1 is 1.48 bits per heavy atom. The molecule has 2 heterocycles. The summed E-state index contributed by atoms with van der Waals surface area (Å²) in [5.74, 6) is 0. The monoisotopic (exact) mass is 297 g/mol. The number of aromatic nitrogens is 3. The van der Waals surface area contributed by atoms with Crippen LogP contribution < -0.4 is 4.72 Å². The highest BCUT2D eigenvalue weighted by molar-refractivity contribution is 8.00. The smallest absolute Gasteiger partial charge is 0.134 e. The third-order valence-electron chi connectivity index (χ3n) is 3.40. The van der Waals surface area contributed by atoms with Crippen molar-refractivity contribution in [2.75, 3.05) is 4.72 Å². The second-order valence-corrected chi connectivity index (χ2v) is 5.57. The van der Waals surface area contributed by atoms with E-state index in [0.717, 1.165) is 33.7 Å². The van der Waals surface area contributed by atoms with Crippen LogP contribution in [0.5, 0.6) is 0 Å². The Kier molecular flexibility index (Phi) is 3.59. The van der Waals surface area contributed by atoms with E-state index in [4.69, 9.17) is 5.26 Å². The number of imidazole rings is 1. The molecule has 21 heavy (non-hydrogen) atoms. The van der Waals surface area contributed by atoms with Crippen LogP contribution in [0.1, 0.15) is 18.1 Å². The maximum atomic E-state index is 9.17. The predicted molar refractivity (Wildman–Crippen MR) is 85.1 cm³/mol. The van der Waals surface area contributed by atoms with Crippen LogP contribution in [0.3, 0.4) is 0 Å². The molecular formula is C15H15N5S. The van der Waals surface area contributed by atoms with E-state index in [1.165, 1.54) is 11.9 Å². The molecule has 3 rings (SSSR count). The number of fused-ring (bicyclic) bond motifs is 1. The molecule has 6 heteroatoms. The largest absolute Gasteiger partial charge is 0.358 e. The van der Waals surface area contributed by atoms with E-state index in [0.29, 0.717) is 5.56 Å². The summed E-state index contributed by atoms with van der Waals surface area (Å²) in [5.41, 5.74) is 3.67. The fourth-order valence-electron chi connectivity index (χ4n) is 2.27. The van der Waals surface area contributed by atoms with E-state index < -0.39 is 0 Å². The first-order valence-corrected chi connectivity index (χ1v) is 7.50. The minimum absolute atomic E-state index is 0.673. The number of benzene rings is 1. The van der Waals surface area contributed by atoms with Crippen molar-refractivity contribution in [3.63, 3.8) is 0 Å². The lowest BCUT2D eigenvalue weighted by Crippen LogP contribution is -1.90. The molecule has 3 aromatic rings. The zero-order valence-corrected chi connectivity index (χ0v) is 12.7. The van der Waals surface area contributed by atoms with Crippen LogP contribution in [0.15, 0.2) is 35.9 Å². The summed E-state index contributed by atoms with van der Waals surface area (Å²) in [5, 5.41) is 11.1. The second kappa shape index (κ2) is 5.54. The molecule has 0 saturated heterocycles. The number of aryl methyl sites for hydroxylation is 2. The fraction of sp³-hybridized carbons (Fsp3) is 0.200. The first kappa shape index (κ1) is 13.6. The molecule has 0 atom stereocenters. The quantitative estimate of drug-likeness (QED) is 0.721. The molecule has 0 amide bonds. The molecule has 0 unspecified atom stereocenters. The van der Waals surface area contributed by atoms with Crippen molar-refractivity contribution in [1.82, 2.24) is 14.5 Å². The lowest BCUT2D eigenvalue weighted by Gasteiger charge is -2.07. The van der Waals surface area contributed by atoms with Crippen molar-refractivity contribution < 1.29 is 0 Å². The average molecular weight is 297 g/mol. The Morgan fingerprint density at radius 3 is 3.05 bits per heavy atom. The van der Waals surface area contributed by atoms with Crippen molar-refractivity contribution in [1.29, 1.82) is 5.26 Å². The molecule has 0 fully saturated rings. The average Bonchev–Trinajstić information content (AvgIpc) is 3.13. The molecule has 106 valence electrons. The van der Waals surface area contributed by atoms with Crippen molar-refractivity contribution in [2.45, 2.75) is 25.4 Å². The van der Waals surface area contributed by atoms with E-state index in [1.54, 1.807) is 6.20 Å². The Bertz CT molecular complexity index is 824. The molecule has 1 aromatic carbocycles. The number of aromatic amines is 1. The van der Waals surface area contributed by atoms with E-state index in [-0.39, 0.29) is 0 Å². The Hall–Kier alpha value is -2.39. The fourth-order valence-corrected chi connectivity index (χ4v) is 2.94. The van der Waals surface area contributed by atoms with Gasteiger partial charge in [0.25, 0.3) is 0 Å². The van der Waals surface area contributed by atoms with Gasteiger partial charge < -0.3 is 14.3 Å². The van der Waals surface area contributed by atoms with Crippen molar-refractivity contribution >= 4 is 28.5 Å². The van der Waals surface area contributed by atoms with Gasteiger partial charge in [0.15, 0.2) is 0 Å². The van der Waals surface area contributed by atoms with Crippen LogP contribution in [0.25, 0.3) is 10.9 Å². The molecule has 0 bridgehead atoms. The van der Waals surface area contributed by atoms with Gasteiger partial charge in [-0.3, -0.25) is 0 Å². The van der Waals surface area contributed by atoms with Crippen LogP contribution in [-0.2, 0) is 6.54 Å². The molecule has 0 saturated carbocycles. The number of rotatable bonds is 4. The Morgan fingerprint density at radius 2 is 2.33 bits per heavy atom. The summed E-state index contributed by atoms with van der Waals surface area (Å²) in [6.45, 7) is 5.00. The van der Waals surface area contributed by atoms with Gasteiger partial charge >= 0.3 is 0 Å². The zero-order chi connectivity index (χ0) is 14.8. The number of nitrogens with one attached hydrogen (secondary N) is 2. The van der Waals surface area contributed by atoms with Crippen molar-refractivity contribution in [3.8, 4) is 6.07 Å². The third kappa shape index (κ3) is 2.48. The number of anilines is 1. The standard InChI is InChI=1S/C15H15N5S/c1-3-20-8-13(18-9-20)21-19-12-5-4-10(2)14-11(6-16)7-17-15(12)14/h4-5,7-9,17,19H,3H2,1-2H3. The number of H-pyrrole nitrogens is 1. The lowest BCUT2D eigenvalue weighted by molar-refractivity contribution is 0.760. The molecule has 0 aliphatic rings. The molecule has 0 aliphatic heterocycles. The normalized spacial score (nSPS) is 10.7. The van der Waals surface area contributed by atoms with Gasteiger partial charge in [0.05, 0.1) is 23.1 Å². The minimum atomic E-state index is 0.673. The Balaban J connectivity index is 1.89. The predicted octanol–water partition coefficient (Wildman–Crippen LogP) is 3.68. The number of hydrogen-bond donors (Lipinski definition) is 2. The first-order valence-electron chi connectivity index (χ1n) is 6.68. The van der Waals surface area contributed by atoms with Gasteiger partial charge in [0.2, 0.25) is 0 Å². The van der Waals surface area contributed by atoms with E-state index >= 15 is 0 Å². The summed E-state index contributed by atoms with van der Waals surface area (Å²) in [4.78, 5) is 7.50. The van der Waals surface area contributed by atoms with Gasteiger partial charge in [-0.05, 0) is 25.5 Å². The van der Waals surface area contributed by atoms with E-state index in [9.17, 15) is 0 Å². The van der Waals surface area contributed by atoms with Gasteiger partial charge in [-0.2, -0.15) is 5.26 Å². The van der Waals surface area contributed by atoms with E-state index in [1.807, 2.05) is 36.1 Å². The SMILES string of the molecule is CCn1cnc(SNc2ccc(C)c3c(C#N)c[nH]c23)c1. The van der Waals surface area contributed by atoms with Crippen LogP contribution in [0.4, 0.5) is 5.69 Å². The topological polar surface area (TPSA) is 69.4 Å². The van der Waals surface area contributed by atoms with Gasteiger partial charge in [0.1, 0.15) is 11.1 Å². The summed E-state index contributed by atoms with van der Waals surface area (Å²) < 4.78 is 5.33. The van der Waals surface area contributed by atoms with Crippen molar-refractivity contribution in [3.05, 3.63) is 42.0 Å². The summed E-state index contributed by atoms with van der Waals surface area (Å²) >= 11 is 1.46. The maximum Gasteiger partial charge on any atom is 0.134 e. The molecule has 5 nitrogen and oxygen atoms in total. The molecule has 2 aromatic heterocycles. The second-order valence-electron chi connectivity index (χ2n) is 4.74. The molecule has 2 N–H and O–H groups in total. The minimum Gasteiger partial charge on any atom is -0.358 e. The summed E-state index contributed by atoms with van der Waals surface area (Å²) in [7, 11) is 0. The van der Waals surface area contributed by atoms with Crippen LogP contribution in [0.2, 0.25) is 0 Å². The molecule has 0 spiro atoms. The van der Waals surface area contributed by atoms with Gasteiger partial charge in [0, 0.05) is 36.3 Å². The van der Waals surface area contributed by atoms with Crippen LogP contribution in [0, 0.1) is 18.3 Å². The lowest BCUT2D eigenvalue weighted by atomic mass is 10.1. The summed E-state index contributed by atoms with van der Waals surface area (Å²) in [6.07, 6.45) is 5.56. The van der Waals surface area contributed by atoms with Gasteiger partial charge in [-0.25, -0.2) is 4.98 Å². The third-order valence-corrected chi connectivity index (χ3v) is 4.15. The first-order chi connectivity index (χ1) is 10.2. The van der Waals surface area contributed by atoms with E-state index in [2.05, 4.69) is 27.7 Å². The Labute approximate surface area is 127 Å². The number of nitriles is 1. The molecule has 0 aliphatic carbocycles. The highest BCUT2D eigenvalue weighted by Crippen LogP contribution is 2.30. The summed E-state index contributed by atoms with van der Waals surface area (Å²) in [6, 6.07) is 6.25. The highest BCUT2D eigenvalue weighted by Gasteiger charge is 2.10. The zero-order valence-electron chi connectivity index (χ0n) is 11.8. The molecular weight excluding hydrogens is 282 g/mol. The van der Waals surface area contributed by atoms with Gasteiger partial charge in [-0.15, -0.1) is 0 Å². The number of nitrogens with zero attached hydrogens (tertiary/aromatic N) is 3.